The molecule has 1 aromatic rings. The van der Waals surface area contributed by atoms with Crippen LogP contribution in [0.4, 0.5) is 0 Å². The largest absolute Gasteiger partial charge is 0.384 e. The number of carbonyl (C=O) groups is 1. The monoisotopic (exact) mass is 287 g/mol. The van der Waals surface area contributed by atoms with E-state index in [1.54, 1.807) is 12.1 Å². The molecule has 0 radical (unpaired) electrons. The quantitative estimate of drug-likeness (QED) is 0.813. The van der Waals surface area contributed by atoms with Gasteiger partial charge in [0.1, 0.15) is 6.61 Å². The first-order valence-electron chi connectivity index (χ1n) is 7.11. The van der Waals surface area contributed by atoms with Gasteiger partial charge in [-0.3, -0.25) is 4.79 Å². The average Bonchev–Trinajstić information content (AvgIpc) is 2.77. The van der Waals surface area contributed by atoms with Crippen LogP contribution in [0.25, 0.3) is 0 Å². The Morgan fingerprint density at radius 1 is 1.57 bits per heavy atom. The van der Waals surface area contributed by atoms with E-state index in [1.165, 1.54) is 0 Å². The maximum absolute atomic E-state index is 12.5. The molecular weight excluding hydrogens is 266 g/mol. The van der Waals surface area contributed by atoms with Crippen LogP contribution in [0, 0.1) is 18.8 Å². The molecule has 1 heterocycles. The van der Waals surface area contributed by atoms with E-state index in [0.29, 0.717) is 12.2 Å². The number of carbonyl (C=O) groups excluding carboxylic acids is 1. The summed E-state index contributed by atoms with van der Waals surface area (Å²) in [6.45, 7) is 6.32. The fraction of sp³-hybridized carbons (Fsp3) is 0.471. The summed E-state index contributed by atoms with van der Waals surface area (Å²) < 4.78 is 5.55. The van der Waals surface area contributed by atoms with Crippen molar-refractivity contribution in [3.8, 4) is 11.8 Å². The Hall–Kier alpha value is -1.83. The highest BCUT2D eigenvalue weighted by molar-refractivity contribution is 5.96. The molecule has 0 aromatic heterocycles. The Balaban J connectivity index is 2.24. The molecular formula is C17H21NO3. The molecule has 0 saturated carbocycles. The maximum Gasteiger partial charge on any atom is 0.252 e. The lowest BCUT2D eigenvalue weighted by atomic mass is 9.93. The van der Waals surface area contributed by atoms with E-state index in [-0.39, 0.29) is 24.2 Å². The number of nitrogens with one attached hydrogen (secondary N) is 1. The number of ether oxygens (including phenoxy) is 1. The summed E-state index contributed by atoms with van der Waals surface area (Å²) in [6, 6.07) is 5.44. The van der Waals surface area contributed by atoms with Crippen LogP contribution in [0.3, 0.4) is 0 Å². The minimum absolute atomic E-state index is 0.000815. The number of benzene rings is 1. The van der Waals surface area contributed by atoms with Crippen molar-refractivity contribution in [2.75, 3.05) is 13.2 Å². The SMILES string of the molecule is Cc1c(C#CCO)cccc1C(=O)NC1(C)CCOC1C. The standard InChI is InChI=1S/C17H21NO3/c1-12-14(7-5-10-19)6-4-8-15(12)16(20)18-17(3)9-11-21-13(17)2/h4,6,8,13,19H,9-11H2,1-3H3,(H,18,20). The Bertz CT molecular complexity index is 600. The molecule has 112 valence electrons. The first kappa shape index (κ1) is 15.6. The van der Waals surface area contributed by atoms with E-state index < -0.39 is 0 Å². The van der Waals surface area contributed by atoms with Crippen molar-refractivity contribution in [1.29, 1.82) is 0 Å². The van der Waals surface area contributed by atoms with Gasteiger partial charge in [0.15, 0.2) is 0 Å². The molecule has 4 heteroatoms. The van der Waals surface area contributed by atoms with Crippen LogP contribution in [0.15, 0.2) is 18.2 Å². The predicted octanol–water partition coefficient (Wildman–Crippen LogP) is 1.64. The summed E-state index contributed by atoms with van der Waals surface area (Å²) in [5.74, 6) is 5.37. The molecule has 1 fully saturated rings. The number of aliphatic hydroxyl groups is 1. The van der Waals surface area contributed by atoms with Crippen LogP contribution < -0.4 is 5.32 Å². The normalized spacial score (nSPS) is 24.3. The summed E-state index contributed by atoms with van der Waals surface area (Å²) >= 11 is 0. The van der Waals surface area contributed by atoms with Gasteiger partial charge in [-0.05, 0) is 44.9 Å². The van der Waals surface area contributed by atoms with Crippen molar-refractivity contribution in [2.45, 2.75) is 38.8 Å². The number of amides is 1. The molecule has 1 amide bonds. The zero-order chi connectivity index (χ0) is 15.5. The van der Waals surface area contributed by atoms with Crippen LogP contribution in [-0.2, 0) is 4.74 Å². The fourth-order valence-electron chi connectivity index (χ4n) is 2.48. The summed E-state index contributed by atoms with van der Waals surface area (Å²) in [7, 11) is 0. The molecule has 2 rings (SSSR count). The van der Waals surface area contributed by atoms with Gasteiger partial charge in [0.05, 0.1) is 11.6 Å². The van der Waals surface area contributed by atoms with Gasteiger partial charge in [0.25, 0.3) is 5.91 Å². The molecule has 2 N–H and O–H groups in total. The van der Waals surface area contributed by atoms with Crippen molar-refractivity contribution in [3.05, 3.63) is 34.9 Å². The van der Waals surface area contributed by atoms with Crippen molar-refractivity contribution < 1.29 is 14.6 Å². The Kier molecular flexibility index (Phi) is 4.66. The van der Waals surface area contributed by atoms with Crippen molar-refractivity contribution in [1.82, 2.24) is 5.32 Å². The van der Waals surface area contributed by atoms with E-state index in [0.717, 1.165) is 17.5 Å². The van der Waals surface area contributed by atoms with Gasteiger partial charge in [-0.2, -0.15) is 0 Å². The van der Waals surface area contributed by atoms with E-state index in [2.05, 4.69) is 17.2 Å². The molecule has 2 atom stereocenters. The first-order valence-corrected chi connectivity index (χ1v) is 7.11. The summed E-state index contributed by atoms with van der Waals surface area (Å²) in [5.41, 5.74) is 1.86. The third-order valence-corrected chi connectivity index (χ3v) is 4.17. The van der Waals surface area contributed by atoms with Gasteiger partial charge in [0, 0.05) is 17.7 Å². The summed E-state index contributed by atoms with van der Waals surface area (Å²) in [5, 5.41) is 11.9. The highest BCUT2D eigenvalue weighted by atomic mass is 16.5. The minimum atomic E-state index is -0.337. The molecule has 1 aromatic carbocycles. The van der Waals surface area contributed by atoms with Gasteiger partial charge < -0.3 is 15.2 Å². The topological polar surface area (TPSA) is 58.6 Å². The van der Waals surface area contributed by atoms with Crippen LogP contribution in [0.5, 0.6) is 0 Å². The van der Waals surface area contributed by atoms with Crippen LogP contribution in [0.2, 0.25) is 0 Å². The second kappa shape index (κ2) is 6.30. The molecule has 1 aliphatic rings. The highest BCUT2D eigenvalue weighted by Gasteiger charge is 2.38. The van der Waals surface area contributed by atoms with Crippen LogP contribution in [-0.4, -0.2) is 35.9 Å². The third kappa shape index (κ3) is 3.26. The van der Waals surface area contributed by atoms with E-state index in [9.17, 15) is 4.79 Å². The van der Waals surface area contributed by atoms with E-state index in [1.807, 2.05) is 26.8 Å². The number of rotatable bonds is 2. The number of aliphatic hydroxyl groups excluding tert-OH is 1. The van der Waals surface area contributed by atoms with E-state index >= 15 is 0 Å². The third-order valence-electron chi connectivity index (χ3n) is 4.17. The highest BCUT2D eigenvalue weighted by Crippen LogP contribution is 2.26. The Labute approximate surface area is 125 Å². The van der Waals surface area contributed by atoms with Crippen LogP contribution in [0.1, 0.15) is 41.8 Å². The number of hydrogen-bond acceptors (Lipinski definition) is 3. The second-order valence-corrected chi connectivity index (χ2v) is 5.57. The molecule has 21 heavy (non-hydrogen) atoms. The lowest BCUT2D eigenvalue weighted by molar-refractivity contribution is 0.0727. The molecule has 0 aliphatic carbocycles. The second-order valence-electron chi connectivity index (χ2n) is 5.57. The zero-order valence-corrected chi connectivity index (χ0v) is 12.7. The van der Waals surface area contributed by atoms with Crippen molar-refractivity contribution in [2.24, 2.45) is 0 Å². The summed E-state index contributed by atoms with van der Waals surface area (Å²) in [6.07, 6.45) is 0.808. The van der Waals surface area contributed by atoms with E-state index in [4.69, 9.17) is 9.84 Å². The van der Waals surface area contributed by atoms with Crippen LogP contribution >= 0.6 is 0 Å². The molecule has 2 unspecified atom stereocenters. The van der Waals surface area contributed by atoms with Gasteiger partial charge in [-0.1, -0.05) is 17.9 Å². The molecule has 1 aliphatic heterocycles. The summed E-state index contributed by atoms with van der Waals surface area (Å²) in [4.78, 5) is 12.5. The molecule has 4 nitrogen and oxygen atoms in total. The molecule has 1 saturated heterocycles. The Morgan fingerprint density at radius 3 is 2.95 bits per heavy atom. The molecule has 0 spiro atoms. The smallest absolute Gasteiger partial charge is 0.252 e. The average molecular weight is 287 g/mol. The Morgan fingerprint density at radius 2 is 2.33 bits per heavy atom. The zero-order valence-electron chi connectivity index (χ0n) is 12.7. The van der Waals surface area contributed by atoms with Crippen molar-refractivity contribution >= 4 is 5.91 Å². The number of hydrogen-bond donors (Lipinski definition) is 2. The first-order chi connectivity index (χ1) is 9.98. The minimum Gasteiger partial charge on any atom is -0.384 e. The lowest BCUT2D eigenvalue weighted by Gasteiger charge is -2.29. The maximum atomic E-state index is 12.5. The fourth-order valence-corrected chi connectivity index (χ4v) is 2.48. The van der Waals surface area contributed by atoms with Gasteiger partial charge in [-0.15, -0.1) is 0 Å². The van der Waals surface area contributed by atoms with Gasteiger partial charge in [-0.25, -0.2) is 0 Å². The van der Waals surface area contributed by atoms with Gasteiger partial charge >= 0.3 is 0 Å². The van der Waals surface area contributed by atoms with Gasteiger partial charge in [0.2, 0.25) is 0 Å². The molecule has 0 bridgehead atoms. The predicted molar refractivity (Wildman–Crippen MR) is 81.0 cm³/mol. The van der Waals surface area contributed by atoms with Crippen molar-refractivity contribution in [3.63, 3.8) is 0 Å². The lowest BCUT2D eigenvalue weighted by Crippen LogP contribution is -2.50.